The zero-order valence-corrected chi connectivity index (χ0v) is 11.8. The van der Waals surface area contributed by atoms with E-state index in [0.717, 1.165) is 37.8 Å². The second-order valence-corrected chi connectivity index (χ2v) is 5.38. The van der Waals surface area contributed by atoms with E-state index in [2.05, 4.69) is 0 Å². The van der Waals surface area contributed by atoms with Crippen molar-refractivity contribution in [2.45, 2.75) is 31.7 Å². The molecule has 0 atom stereocenters. The molecule has 1 aliphatic carbocycles. The first-order chi connectivity index (χ1) is 9.90. The van der Waals surface area contributed by atoms with E-state index in [-0.39, 0.29) is 22.4 Å². The molecule has 0 amide bonds. The molecule has 1 aliphatic rings. The monoisotopic (exact) mass is 316 g/mol. The molecule has 0 radical (unpaired) electrons. The highest BCUT2D eigenvalue weighted by Crippen LogP contribution is 2.37. The van der Waals surface area contributed by atoms with Gasteiger partial charge in [0.15, 0.2) is 0 Å². The summed E-state index contributed by atoms with van der Waals surface area (Å²) >= 11 is 5.59. The number of halogens is 2. The third-order valence-corrected chi connectivity index (χ3v) is 3.88. The summed E-state index contributed by atoms with van der Waals surface area (Å²) in [5, 5.41) is 19.8. The normalized spacial score (nSPS) is 15.1. The molecule has 0 spiro atoms. The van der Waals surface area contributed by atoms with Crippen molar-refractivity contribution < 1.29 is 19.2 Å². The van der Waals surface area contributed by atoms with Crippen LogP contribution in [0.1, 0.15) is 25.7 Å². The minimum Gasteiger partial charge on any atom is -0.480 e. The van der Waals surface area contributed by atoms with Crippen LogP contribution in [-0.2, 0) is 4.79 Å². The minimum atomic E-state index is -1.12. The number of hydrogen-bond donors (Lipinski definition) is 1. The molecule has 0 aliphatic heterocycles. The first-order valence-electron chi connectivity index (χ1n) is 6.52. The van der Waals surface area contributed by atoms with Crippen LogP contribution in [0.2, 0.25) is 5.02 Å². The van der Waals surface area contributed by atoms with Gasteiger partial charge in [0, 0.05) is 18.2 Å². The summed E-state index contributed by atoms with van der Waals surface area (Å²) in [5.41, 5.74) is -0.411. The van der Waals surface area contributed by atoms with E-state index in [4.69, 9.17) is 16.7 Å². The molecule has 6 nitrogen and oxygen atoms in total. The summed E-state index contributed by atoms with van der Waals surface area (Å²) in [4.78, 5) is 22.9. The smallest absolute Gasteiger partial charge is 0.323 e. The molecule has 1 aromatic rings. The Hall–Kier alpha value is -1.89. The summed E-state index contributed by atoms with van der Waals surface area (Å²) in [5.74, 6) is -1.92. The van der Waals surface area contributed by atoms with Crippen molar-refractivity contribution in [1.29, 1.82) is 0 Å². The summed E-state index contributed by atoms with van der Waals surface area (Å²) in [6.07, 6.45) is 3.30. The fourth-order valence-electron chi connectivity index (χ4n) is 2.67. The van der Waals surface area contributed by atoms with Gasteiger partial charge in [0.05, 0.1) is 9.95 Å². The first-order valence-corrected chi connectivity index (χ1v) is 6.90. The molecule has 1 N–H and O–H groups in total. The maximum Gasteiger partial charge on any atom is 0.323 e. The number of benzene rings is 1. The number of nitro groups is 1. The maximum absolute atomic E-state index is 13.7. The average Bonchev–Trinajstić information content (AvgIpc) is 2.92. The second-order valence-electron chi connectivity index (χ2n) is 4.97. The molecule has 1 saturated carbocycles. The predicted octanol–water partition coefficient (Wildman–Crippen LogP) is 3.22. The fraction of sp³-hybridized carbons (Fsp3) is 0.462. The average molecular weight is 317 g/mol. The van der Waals surface area contributed by atoms with Gasteiger partial charge in [-0.2, -0.15) is 0 Å². The minimum absolute atomic E-state index is 0.0313. The van der Waals surface area contributed by atoms with Gasteiger partial charge < -0.3 is 10.0 Å². The number of carboxylic acids is 1. The number of carboxylic acid groups (broad SMARTS) is 1. The van der Waals surface area contributed by atoms with Gasteiger partial charge in [-0.1, -0.05) is 24.4 Å². The maximum atomic E-state index is 13.7. The predicted molar refractivity (Wildman–Crippen MR) is 75.3 cm³/mol. The van der Waals surface area contributed by atoms with Crippen LogP contribution in [0.4, 0.5) is 15.8 Å². The van der Waals surface area contributed by atoms with Crippen LogP contribution < -0.4 is 4.90 Å². The zero-order chi connectivity index (χ0) is 15.6. The van der Waals surface area contributed by atoms with Gasteiger partial charge in [0.2, 0.25) is 0 Å². The Bertz CT molecular complexity index is 576. The molecule has 0 heterocycles. The van der Waals surface area contributed by atoms with Crippen molar-refractivity contribution in [2.75, 3.05) is 11.4 Å². The lowest BCUT2D eigenvalue weighted by atomic mass is 10.1. The van der Waals surface area contributed by atoms with E-state index < -0.39 is 23.3 Å². The Balaban J connectivity index is 2.49. The van der Waals surface area contributed by atoms with Crippen molar-refractivity contribution in [2.24, 2.45) is 0 Å². The fourth-order valence-corrected chi connectivity index (χ4v) is 2.83. The molecule has 114 valence electrons. The van der Waals surface area contributed by atoms with Crippen LogP contribution in [-0.4, -0.2) is 28.6 Å². The van der Waals surface area contributed by atoms with E-state index in [1.807, 2.05) is 0 Å². The lowest BCUT2D eigenvalue weighted by Crippen LogP contribution is -2.38. The molecule has 8 heteroatoms. The van der Waals surface area contributed by atoms with Crippen molar-refractivity contribution in [3.05, 3.63) is 33.1 Å². The van der Waals surface area contributed by atoms with Gasteiger partial charge in [-0.05, 0) is 12.8 Å². The first kappa shape index (κ1) is 15.5. The Morgan fingerprint density at radius 3 is 2.62 bits per heavy atom. The summed E-state index contributed by atoms with van der Waals surface area (Å²) in [6.45, 7) is -0.410. The van der Waals surface area contributed by atoms with Crippen LogP contribution in [0.5, 0.6) is 0 Å². The Morgan fingerprint density at radius 1 is 1.48 bits per heavy atom. The molecular weight excluding hydrogens is 303 g/mol. The highest BCUT2D eigenvalue weighted by Gasteiger charge is 2.30. The van der Waals surface area contributed by atoms with Gasteiger partial charge in [0.1, 0.15) is 18.0 Å². The zero-order valence-electron chi connectivity index (χ0n) is 11.1. The Kier molecular flexibility index (Phi) is 4.62. The number of nitro benzene ring substituents is 1. The Labute approximate surface area is 125 Å². The van der Waals surface area contributed by atoms with Gasteiger partial charge in [-0.15, -0.1) is 0 Å². The van der Waals surface area contributed by atoms with Crippen molar-refractivity contribution >= 4 is 28.9 Å². The molecule has 2 rings (SSSR count). The van der Waals surface area contributed by atoms with Crippen LogP contribution in [0.25, 0.3) is 0 Å². The molecule has 1 fully saturated rings. The summed E-state index contributed by atoms with van der Waals surface area (Å²) in [7, 11) is 0. The van der Waals surface area contributed by atoms with E-state index >= 15 is 0 Å². The number of hydrogen-bond acceptors (Lipinski definition) is 4. The van der Waals surface area contributed by atoms with Crippen molar-refractivity contribution in [3.63, 3.8) is 0 Å². The van der Waals surface area contributed by atoms with Gasteiger partial charge in [-0.25, -0.2) is 4.39 Å². The van der Waals surface area contributed by atoms with E-state index in [0.29, 0.717) is 0 Å². The van der Waals surface area contributed by atoms with Gasteiger partial charge >= 0.3 is 5.97 Å². The highest BCUT2D eigenvalue weighted by molar-refractivity contribution is 6.31. The lowest BCUT2D eigenvalue weighted by molar-refractivity contribution is -0.384. The Morgan fingerprint density at radius 2 is 2.10 bits per heavy atom. The lowest BCUT2D eigenvalue weighted by Gasteiger charge is -2.29. The molecule has 21 heavy (non-hydrogen) atoms. The quantitative estimate of drug-likeness (QED) is 0.666. The molecule has 0 bridgehead atoms. The second kappa shape index (κ2) is 6.26. The van der Waals surface area contributed by atoms with Crippen LogP contribution in [0.15, 0.2) is 12.1 Å². The SMILES string of the molecule is O=C(O)CN(c1cc(F)c(Cl)cc1[N+](=O)[O-])C1CCCC1. The van der Waals surface area contributed by atoms with Gasteiger partial charge in [0.25, 0.3) is 5.69 Å². The number of carbonyl (C=O) groups is 1. The third kappa shape index (κ3) is 3.41. The van der Waals surface area contributed by atoms with Crippen molar-refractivity contribution in [1.82, 2.24) is 0 Å². The molecule has 0 unspecified atom stereocenters. The number of rotatable bonds is 5. The van der Waals surface area contributed by atoms with E-state index in [9.17, 15) is 19.3 Å². The highest BCUT2D eigenvalue weighted by atomic mass is 35.5. The largest absolute Gasteiger partial charge is 0.480 e. The summed E-state index contributed by atoms with van der Waals surface area (Å²) in [6, 6.07) is 1.73. The molecule has 1 aromatic carbocycles. The molecule has 0 saturated heterocycles. The van der Waals surface area contributed by atoms with E-state index in [1.54, 1.807) is 0 Å². The third-order valence-electron chi connectivity index (χ3n) is 3.59. The topological polar surface area (TPSA) is 83.7 Å². The number of anilines is 1. The van der Waals surface area contributed by atoms with Crippen molar-refractivity contribution in [3.8, 4) is 0 Å². The van der Waals surface area contributed by atoms with Crippen LogP contribution in [0.3, 0.4) is 0 Å². The molecule has 0 aromatic heterocycles. The van der Waals surface area contributed by atoms with Crippen LogP contribution >= 0.6 is 11.6 Å². The van der Waals surface area contributed by atoms with Crippen LogP contribution in [0, 0.1) is 15.9 Å². The molecular formula is C13H14ClFN2O4. The standard InChI is InChI=1S/C13H14ClFN2O4/c14-9-5-12(17(20)21)11(6-10(9)15)16(7-13(18)19)8-3-1-2-4-8/h5-6,8H,1-4,7H2,(H,18,19). The number of aliphatic carboxylic acids is 1. The summed E-state index contributed by atoms with van der Waals surface area (Å²) < 4.78 is 13.7. The van der Waals surface area contributed by atoms with Gasteiger partial charge in [-0.3, -0.25) is 14.9 Å². The number of nitrogens with zero attached hydrogens (tertiary/aromatic N) is 2. The van der Waals surface area contributed by atoms with E-state index in [1.165, 1.54) is 4.90 Å².